The zero-order valence-electron chi connectivity index (χ0n) is 22.0. The van der Waals surface area contributed by atoms with Gasteiger partial charge in [-0.2, -0.15) is 0 Å². The highest BCUT2D eigenvalue weighted by Gasteiger charge is 2.17. The van der Waals surface area contributed by atoms with E-state index in [0.29, 0.717) is 24.2 Å². The van der Waals surface area contributed by atoms with Gasteiger partial charge in [-0.25, -0.2) is 13.9 Å². The minimum Gasteiger partial charge on any atom is -0.342 e. The smallest absolute Gasteiger partial charge is 0.247 e. The van der Waals surface area contributed by atoms with Crippen molar-refractivity contribution in [3.63, 3.8) is 0 Å². The standard InChI is InChI=1S/C20H22N2O.C7H10N2O3S.CH5N/c23-13-7-3-1-2-4-10-20-21-15-19(22-20)18-12-11-16-8-5-6-9-17(16)14-18;1-8-13(12)7-4-2-3-6(5-7)9(10)11;1-2/h5-6,8-9,11-15H,1-4,7,10H2,(H,21,22);4-5,8H,2-3H2,1H3;2H2,1H3. The lowest BCUT2D eigenvalue weighted by molar-refractivity contribution is -0.428. The Hall–Kier alpha value is -3.47. The molecule has 1 heterocycles. The molecular formula is C28H37N5O4S. The van der Waals surface area contributed by atoms with Gasteiger partial charge in [-0.15, -0.1) is 0 Å². The number of nitrogens with zero attached hydrogens (tertiary/aromatic N) is 2. The van der Waals surface area contributed by atoms with Crippen molar-refractivity contribution >= 4 is 28.0 Å². The van der Waals surface area contributed by atoms with E-state index in [1.54, 1.807) is 13.1 Å². The number of fused-ring (bicyclic) bond motifs is 1. The molecule has 0 fully saturated rings. The number of aryl methyl sites for hydroxylation is 1. The van der Waals surface area contributed by atoms with Crippen LogP contribution in [0.1, 0.15) is 50.8 Å². The minimum atomic E-state index is -1.32. The van der Waals surface area contributed by atoms with Crippen molar-refractivity contribution < 1.29 is 13.9 Å². The van der Waals surface area contributed by atoms with Crippen LogP contribution in [0.4, 0.5) is 0 Å². The summed E-state index contributed by atoms with van der Waals surface area (Å²) >= 11 is 0. The Kier molecular flexibility index (Phi) is 13.9. The van der Waals surface area contributed by atoms with Crippen molar-refractivity contribution in [1.82, 2.24) is 14.7 Å². The SMILES string of the molecule is CN.CNS(=O)C1=CCCC([N+](=O)[O-])=C1.O=CCCCCCCc1ncc(-c2ccc3ccccc3c2)[nH]1. The van der Waals surface area contributed by atoms with Gasteiger partial charge in [-0.1, -0.05) is 55.3 Å². The molecule has 4 rings (SSSR count). The molecule has 1 atom stereocenters. The second-order valence-electron chi connectivity index (χ2n) is 8.44. The molecule has 0 spiro atoms. The largest absolute Gasteiger partial charge is 0.342 e. The van der Waals surface area contributed by atoms with Gasteiger partial charge in [0.1, 0.15) is 23.1 Å². The van der Waals surface area contributed by atoms with Gasteiger partial charge in [-0.3, -0.25) is 10.1 Å². The molecule has 1 aliphatic rings. The lowest BCUT2D eigenvalue weighted by Gasteiger charge is -2.06. The Balaban J connectivity index is 0.000000288. The number of unbranched alkanes of at least 4 members (excludes halogenated alkanes) is 4. The van der Waals surface area contributed by atoms with Crippen molar-refractivity contribution in [3.8, 4) is 11.3 Å². The van der Waals surface area contributed by atoms with Crippen LogP contribution in [0, 0.1) is 10.1 Å². The summed E-state index contributed by atoms with van der Waals surface area (Å²) in [5, 5.41) is 12.9. The number of hydrogen-bond acceptors (Lipinski definition) is 6. The summed E-state index contributed by atoms with van der Waals surface area (Å²) in [7, 11) is 1.73. The molecule has 4 N–H and O–H groups in total. The van der Waals surface area contributed by atoms with Crippen molar-refractivity contribution in [2.45, 2.75) is 51.4 Å². The number of allylic oxidation sites excluding steroid dienone is 3. The van der Waals surface area contributed by atoms with Crippen LogP contribution in [0.25, 0.3) is 22.0 Å². The van der Waals surface area contributed by atoms with Crippen LogP contribution in [0.3, 0.4) is 0 Å². The lowest BCUT2D eigenvalue weighted by Crippen LogP contribution is -2.14. The first-order valence-corrected chi connectivity index (χ1v) is 13.9. The number of H-pyrrole nitrogens is 1. The molecule has 10 heteroatoms. The van der Waals surface area contributed by atoms with Gasteiger partial charge in [0.05, 0.1) is 21.7 Å². The topological polar surface area (TPSA) is 144 Å². The monoisotopic (exact) mass is 539 g/mol. The predicted octanol–water partition coefficient (Wildman–Crippen LogP) is 5.20. The van der Waals surface area contributed by atoms with Crippen molar-refractivity contribution in [3.05, 3.63) is 87.4 Å². The highest BCUT2D eigenvalue weighted by atomic mass is 32.2. The Bertz CT molecular complexity index is 1270. The molecule has 2 aromatic carbocycles. The molecule has 0 bridgehead atoms. The maximum Gasteiger partial charge on any atom is 0.247 e. The molecule has 0 radical (unpaired) electrons. The van der Waals surface area contributed by atoms with Crippen LogP contribution in [-0.2, 0) is 22.2 Å². The number of hydrogen-bond donors (Lipinski definition) is 3. The molecule has 9 nitrogen and oxygen atoms in total. The van der Waals surface area contributed by atoms with E-state index in [-0.39, 0.29) is 5.70 Å². The summed E-state index contributed by atoms with van der Waals surface area (Å²) in [5.74, 6) is 1.04. The molecule has 0 aliphatic heterocycles. The van der Waals surface area contributed by atoms with Gasteiger partial charge in [0.2, 0.25) is 5.70 Å². The number of carbonyl (C=O) groups excluding carboxylic acids is 1. The minimum absolute atomic E-state index is 0.126. The van der Waals surface area contributed by atoms with Gasteiger partial charge in [-0.05, 0) is 50.2 Å². The van der Waals surface area contributed by atoms with Crippen LogP contribution in [0.2, 0.25) is 0 Å². The van der Waals surface area contributed by atoms with Crippen molar-refractivity contribution in [2.24, 2.45) is 5.73 Å². The van der Waals surface area contributed by atoms with Crippen LogP contribution in [0.5, 0.6) is 0 Å². The lowest BCUT2D eigenvalue weighted by atomic mass is 10.1. The average molecular weight is 540 g/mol. The van der Waals surface area contributed by atoms with E-state index in [2.05, 4.69) is 62.9 Å². The number of imidazole rings is 1. The molecular weight excluding hydrogens is 502 g/mol. The second kappa shape index (κ2) is 17.1. The Labute approximate surface area is 226 Å². The summed E-state index contributed by atoms with van der Waals surface area (Å²) in [6.07, 6.45) is 13.1. The zero-order valence-corrected chi connectivity index (χ0v) is 22.8. The molecule has 1 aromatic heterocycles. The Morgan fingerprint density at radius 2 is 1.87 bits per heavy atom. The van der Waals surface area contributed by atoms with E-state index in [9.17, 15) is 19.1 Å². The summed E-state index contributed by atoms with van der Waals surface area (Å²) in [4.78, 5) is 28.6. The second-order valence-corrected chi connectivity index (χ2v) is 9.85. The number of benzene rings is 2. The van der Waals surface area contributed by atoms with Crippen LogP contribution in [0.15, 0.2) is 71.4 Å². The molecule has 1 unspecified atom stereocenters. The first kappa shape index (κ1) is 30.8. The highest BCUT2D eigenvalue weighted by molar-refractivity contribution is 7.87. The molecule has 0 amide bonds. The number of rotatable bonds is 11. The number of nitrogens with one attached hydrogen (secondary N) is 2. The van der Waals surface area contributed by atoms with Gasteiger partial charge in [0, 0.05) is 30.9 Å². The third-order valence-corrected chi connectivity index (χ3v) is 6.95. The van der Waals surface area contributed by atoms with Crippen LogP contribution >= 0.6 is 0 Å². The van der Waals surface area contributed by atoms with Gasteiger partial charge in [0.25, 0.3) is 0 Å². The number of nitrogens with two attached hydrogens (primary N) is 1. The number of carbonyl (C=O) groups is 1. The summed E-state index contributed by atoms with van der Waals surface area (Å²) < 4.78 is 13.7. The van der Waals surface area contributed by atoms with E-state index in [4.69, 9.17) is 0 Å². The third kappa shape index (κ3) is 9.77. The molecule has 38 heavy (non-hydrogen) atoms. The fourth-order valence-electron chi connectivity index (χ4n) is 3.92. The van der Waals surface area contributed by atoms with Crippen molar-refractivity contribution in [2.75, 3.05) is 14.1 Å². The predicted molar refractivity (Wildman–Crippen MR) is 154 cm³/mol. The maximum atomic E-state index is 11.2. The first-order chi connectivity index (χ1) is 18.5. The molecule has 0 saturated heterocycles. The Morgan fingerprint density at radius 3 is 2.58 bits per heavy atom. The van der Waals surface area contributed by atoms with E-state index in [0.717, 1.165) is 49.9 Å². The Morgan fingerprint density at radius 1 is 1.13 bits per heavy atom. The zero-order chi connectivity index (χ0) is 27.8. The van der Waals surface area contributed by atoms with Gasteiger partial charge in [0.15, 0.2) is 0 Å². The molecule has 204 valence electrons. The van der Waals surface area contributed by atoms with Gasteiger partial charge >= 0.3 is 0 Å². The van der Waals surface area contributed by atoms with E-state index < -0.39 is 15.9 Å². The number of aromatic amines is 1. The maximum absolute atomic E-state index is 11.2. The summed E-state index contributed by atoms with van der Waals surface area (Å²) in [6, 6.07) is 14.9. The quantitative estimate of drug-likeness (QED) is 0.132. The van der Waals surface area contributed by atoms with Crippen LogP contribution < -0.4 is 10.5 Å². The molecule has 1 aliphatic carbocycles. The van der Waals surface area contributed by atoms with E-state index >= 15 is 0 Å². The summed E-state index contributed by atoms with van der Waals surface area (Å²) in [6.45, 7) is 0. The molecule has 0 saturated carbocycles. The number of nitro groups is 1. The summed E-state index contributed by atoms with van der Waals surface area (Å²) in [5.41, 5.74) is 6.88. The fraction of sp³-hybridized carbons (Fsp3) is 0.357. The van der Waals surface area contributed by atoms with Crippen LogP contribution in [-0.4, -0.2) is 39.5 Å². The molecule has 3 aromatic rings. The van der Waals surface area contributed by atoms with E-state index in [1.807, 2.05) is 6.20 Å². The number of aromatic nitrogens is 2. The van der Waals surface area contributed by atoms with Crippen molar-refractivity contribution in [1.29, 1.82) is 0 Å². The van der Waals surface area contributed by atoms with E-state index in [1.165, 1.54) is 29.5 Å². The first-order valence-electron chi connectivity index (χ1n) is 12.7. The normalized spacial score (nSPS) is 13.2. The third-order valence-electron chi connectivity index (χ3n) is 5.86. The fourth-order valence-corrected chi connectivity index (χ4v) is 4.66. The number of aldehydes is 1. The average Bonchev–Trinajstić information content (AvgIpc) is 3.44. The highest BCUT2D eigenvalue weighted by Crippen LogP contribution is 2.23. The van der Waals surface area contributed by atoms with Gasteiger partial charge < -0.3 is 15.5 Å².